The van der Waals surface area contributed by atoms with Crippen molar-refractivity contribution in [2.24, 2.45) is 0 Å². The molecule has 2 N–H and O–H groups in total. The van der Waals surface area contributed by atoms with Crippen molar-refractivity contribution >= 4 is 17.5 Å². The molecule has 1 aliphatic rings. The number of hydrogen-bond donors (Lipinski definition) is 2. The van der Waals surface area contributed by atoms with Gasteiger partial charge in [0.15, 0.2) is 11.5 Å². The Morgan fingerprint density at radius 3 is 2.46 bits per heavy atom. The van der Waals surface area contributed by atoms with E-state index in [1.54, 1.807) is 26.2 Å². The van der Waals surface area contributed by atoms with Crippen LogP contribution >= 0.6 is 0 Å². The van der Waals surface area contributed by atoms with Crippen LogP contribution in [-0.2, 0) is 4.79 Å². The minimum absolute atomic E-state index is 0.130. The Kier molecular flexibility index (Phi) is 6.03. The molecule has 1 unspecified atom stereocenters. The summed E-state index contributed by atoms with van der Waals surface area (Å²) in [7, 11) is 6.34. The van der Waals surface area contributed by atoms with Gasteiger partial charge in [-0.25, -0.2) is 0 Å². The number of methoxy groups -OCH3 is 2. The van der Waals surface area contributed by atoms with Crippen LogP contribution in [0.3, 0.4) is 0 Å². The van der Waals surface area contributed by atoms with Gasteiger partial charge in [0.2, 0.25) is 5.91 Å². The Morgan fingerprint density at radius 1 is 1.25 bits per heavy atom. The van der Waals surface area contributed by atoms with E-state index in [9.17, 15) is 9.59 Å². The number of hydrogen-bond acceptors (Lipinski definition) is 5. The molecule has 2 rings (SSSR count). The molecule has 132 valence electrons. The van der Waals surface area contributed by atoms with Crippen molar-refractivity contribution in [3.8, 4) is 11.5 Å². The molecule has 24 heavy (non-hydrogen) atoms. The van der Waals surface area contributed by atoms with Gasteiger partial charge in [0.25, 0.3) is 5.91 Å². The van der Waals surface area contributed by atoms with Crippen LogP contribution in [0.15, 0.2) is 12.1 Å². The van der Waals surface area contributed by atoms with E-state index in [0.29, 0.717) is 29.2 Å². The van der Waals surface area contributed by atoms with Crippen LogP contribution in [-0.4, -0.2) is 57.6 Å². The first-order chi connectivity index (χ1) is 11.5. The van der Waals surface area contributed by atoms with Crippen LogP contribution in [0.25, 0.3) is 0 Å². The number of nitrogens with one attached hydrogen (secondary N) is 2. The van der Waals surface area contributed by atoms with E-state index in [1.807, 2.05) is 0 Å². The Labute approximate surface area is 142 Å². The maximum absolute atomic E-state index is 12.4. The van der Waals surface area contributed by atoms with Gasteiger partial charge in [-0.15, -0.1) is 0 Å². The maximum Gasteiger partial charge on any atom is 0.255 e. The number of amides is 2. The second kappa shape index (κ2) is 8.01. The number of nitrogens with zero attached hydrogens (tertiary/aromatic N) is 1. The van der Waals surface area contributed by atoms with Gasteiger partial charge in [-0.1, -0.05) is 0 Å². The smallest absolute Gasteiger partial charge is 0.255 e. The van der Waals surface area contributed by atoms with Crippen molar-refractivity contribution in [1.82, 2.24) is 10.2 Å². The zero-order chi connectivity index (χ0) is 17.7. The topological polar surface area (TPSA) is 79.9 Å². The molecule has 1 aromatic rings. The van der Waals surface area contributed by atoms with Gasteiger partial charge in [-0.3, -0.25) is 9.59 Å². The molecule has 0 bridgehead atoms. The lowest BCUT2D eigenvalue weighted by Gasteiger charge is -2.18. The highest BCUT2D eigenvalue weighted by atomic mass is 16.5. The van der Waals surface area contributed by atoms with Crippen LogP contribution < -0.4 is 20.1 Å². The molecule has 0 aliphatic carbocycles. The highest BCUT2D eigenvalue weighted by Gasteiger charge is 2.22. The van der Waals surface area contributed by atoms with E-state index in [1.165, 1.54) is 19.1 Å². The molecule has 7 nitrogen and oxygen atoms in total. The molecule has 0 saturated carbocycles. The first-order valence-corrected chi connectivity index (χ1v) is 7.97. The zero-order valence-corrected chi connectivity index (χ0v) is 14.6. The number of rotatable bonds is 6. The second-order valence-electron chi connectivity index (χ2n) is 6.00. The van der Waals surface area contributed by atoms with Crippen molar-refractivity contribution < 1.29 is 19.1 Å². The lowest BCUT2D eigenvalue weighted by molar-refractivity contribution is -0.116. The van der Waals surface area contributed by atoms with Crippen LogP contribution in [0.2, 0.25) is 0 Å². The fourth-order valence-corrected chi connectivity index (χ4v) is 2.76. The molecule has 1 aromatic carbocycles. The van der Waals surface area contributed by atoms with Crippen LogP contribution in [0.4, 0.5) is 5.69 Å². The molecule has 0 radical (unpaired) electrons. The van der Waals surface area contributed by atoms with Crippen LogP contribution in [0.1, 0.15) is 29.6 Å². The Bertz CT molecular complexity index is 610. The van der Waals surface area contributed by atoms with Gasteiger partial charge >= 0.3 is 0 Å². The lowest BCUT2D eigenvalue weighted by atomic mass is 10.1. The number of anilines is 1. The van der Waals surface area contributed by atoms with Gasteiger partial charge in [-0.05, 0) is 25.5 Å². The molecule has 0 aromatic heterocycles. The van der Waals surface area contributed by atoms with E-state index in [-0.39, 0.29) is 17.9 Å². The normalized spacial score (nSPS) is 16.6. The van der Waals surface area contributed by atoms with Gasteiger partial charge < -0.3 is 25.0 Å². The lowest BCUT2D eigenvalue weighted by Crippen LogP contribution is -2.29. The van der Waals surface area contributed by atoms with Crippen LogP contribution in [0.5, 0.6) is 11.5 Å². The van der Waals surface area contributed by atoms with E-state index in [0.717, 1.165) is 19.4 Å². The maximum atomic E-state index is 12.4. The van der Waals surface area contributed by atoms with E-state index in [2.05, 4.69) is 10.6 Å². The summed E-state index contributed by atoms with van der Waals surface area (Å²) in [6.07, 6.45) is 2.45. The van der Waals surface area contributed by atoms with Gasteiger partial charge in [0.1, 0.15) is 0 Å². The second-order valence-corrected chi connectivity index (χ2v) is 6.00. The summed E-state index contributed by atoms with van der Waals surface area (Å²) >= 11 is 0. The van der Waals surface area contributed by atoms with Crippen molar-refractivity contribution in [3.63, 3.8) is 0 Å². The summed E-state index contributed by atoms with van der Waals surface area (Å²) in [4.78, 5) is 26.2. The van der Waals surface area contributed by atoms with Gasteiger partial charge in [0, 0.05) is 32.6 Å². The van der Waals surface area contributed by atoms with Crippen molar-refractivity contribution in [2.75, 3.05) is 40.2 Å². The summed E-state index contributed by atoms with van der Waals surface area (Å²) in [6.45, 7) is 0.943. The van der Waals surface area contributed by atoms with E-state index < -0.39 is 0 Å². The third-order valence-corrected chi connectivity index (χ3v) is 4.03. The highest BCUT2D eigenvalue weighted by molar-refractivity contribution is 6.04. The first kappa shape index (κ1) is 18.1. The quantitative estimate of drug-likeness (QED) is 0.823. The standard InChI is InChI=1S/C17H25N3O4/c1-20(2)17(22)12-9-14(23-3)15(24-4)10-13(12)19-16(21)8-11-6-5-7-18-11/h9-11,18H,5-8H2,1-4H3,(H,19,21). The van der Waals surface area contributed by atoms with E-state index in [4.69, 9.17) is 9.47 Å². The molecule has 0 spiro atoms. The number of carbonyl (C=O) groups excluding carboxylic acids is 2. The SMILES string of the molecule is COc1cc(NC(=O)CC2CCCN2)c(C(=O)N(C)C)cc1OC. The number of benzene rings is 1. The molecule has 7 heteroatoms. The number of ether oxygens (including phenoxy) is 2. The first-order valence-electron chi connectivity index (χ1n) is 7.97. The Balaban J connectivity index is 2.27. The fraction of sp³-hybridized carbons (Fsp3) is 0.529. The highest BCUT2D eigenvalue weighted by Crippen LogP contribution is 2.34. The summed E-state index contributed by atoms with van der Waals surface area (Å²) in [5.41, 5.74) is 0.791. The molecular formula is C17H25N3O4. The molecule has 1 aliphatic heterocycles. The summed E-state index contributed by atoms with van der Waals surface area (Å²) in [5.74, 6) is 0.555. The monoisotopic (exact) mass is 335 g/mol. The predicted octanol–water partition coefficient (Wildman–Crippen LogP) is 1.49. The Hall–Kier alpha value is -2.28. The molecule has 1 atom stereocenters. The van der Waals surface area contributed by atoms with Gasteiger partial charge in [0.05, 0.1) is 25.5 Å². The third-order valence-electron chi connectivity index (χ3n) is 4.03. The summed E-state index contributed by atoms with van der Waals surface area (Å²) < 4.78 is 10.5. The molecule has 1 saturated heterocycles. The Morgan fingerprint density at radius 2 is 1.92 bits per heavy atom. The largest absolute Gasteiger partial charge is 0.493 e. The molecule has 1 heterocycles. The molecule has 2 amide bonds. The van der Waals surface area contributed by atoms with Crippen molar-refractivity contribution in [2.45, 2.75) is 25.3 Å². The summed E-state index contributed by atoms with van der Waals surface area (Å²) in [6, 6.07) is 3.40. The fourth-order valence-electron chi connectivity index (χ4n) is 2.76. The number of carbonyl (C=O) groups is 2. The molecule has 1 fully saturated rings. The minimum Gasteiger partial charge on any atom is -0.493 e. The van der Waals surface area contributed by atoms with E-state index >= 15 is 0 Å². The van der Waals surface area contributed by atoms with Crippen molar-refractivity contribution in [3.05, 3.63) is 17.7 Å². The summed E-state index contributed by atoms with van der Waals surface area (Å²) in [5, 5.41) is 6.13. The zero-order valence-electron chi connectivity index (χ0n) is 14.6. The average Bonchev–Trinajstić information content (AvgIpc) is 3.06. The third kappa shape index (κ3) is 4.17. The predicted molar refractivity (Wildman–Crippen MR) is 91.8 cm³/mol. The van der Waals surface area contributed by atoms with Crippen molar-refractivity contribution in [1.29, 1.82) is 0 Å². The molecular weight excluding hydrogens is 310 g/mol. The average molecular weight is 335 g/mol. The van der Waals surface area contributed by atoms with Gasteiger partial charge in [-0.2, -0.15) is 0 Å². The minimum atomic E-state index is -0.217. The van der Waals surface area contributed by atoms with Crippen LogP contribution in [0, 0.1) is 0 Å².